The van der Waals surface area contributed by atoms with Gasteiger partial charge in [-0.05, 0) is 43.4 Å². The van der Waals surface area contributed by atoms with Crippen molar-refractivity contribution in [2.75, 3.05) is 0 Å². The van der Waals surface area contributed by atoms with E-state index in [1.54, 1.807) is 12.1 Å². The highest BCUT2D eigenvalue weighted by Crippen LogP contribution is 2.41. The zero-order valence-electron chi connectivity index (χ0n) is 10.7. The van der Waals surface area contributed by atoms with Crippen molar-refractivity contribution in [3.8, 4) is 6.07 Å². The van der Waals surface area contributed by atoms with Crippen LogP contribution in [0.4, 0.5) is 4.39 Å². The highest BCUT2D eigenvalue weighted by Gasteiger charge is 2.44. The van der Waals surface area contributed by atoms with Crippen molar-refractivity contribution in [3.05, 3.63) is 35.1 Å². The Morgan fingerprint density at radius 2 is 2.05 bits per heavy atom. The van der Waals surface area contributed by atoms with Gasteiger partial charge in [-0.3, -0.25) is 0 Å². The highest BCUT2D eigenvalue weighted by molar-refractivity contribution is 5.32. The van der Waals surface area contributed by atoms with Crippen LogP contribution in [0.2, 0.25) is 0 Å². The molecule has 2 N–H and O–H groups in total. The summed E-state index contributed by atoms with van der Waals surface area (Å²) in [7, 11) is 0. The first kappa shape index (κ1) is 12.6. The van der Waals surface area contributed by atoms with Gasteiger partial charge < -0.3 is 10.4 Å². The molecule has 3 rings (SSSR count). The Morgan fingerprint density at radius 1 is 1.37 bits per heavy atom. The van der Waals surface area contributed by atoms with E-state index in [2.05, 4.69) is 11.4 Å². The van der Waals surface area contributed by atoms with Crippen molar-refractivity contribution in [2.45, 2.75) is 49.8 Å². The van der Waals surface area contributed by atoms with Crippen LogP contribution >= 0.6 is 0 Å². The van der Waals surface area contributed by atoms with Crippen LogP contribution in [0.5, 0.6) is 0 Å². The average molecular weight is 260 g/mol. The molecule has 1 aromatic carbocycles. The fourth-order valence-electron chi connectivity index (χ4n) is 3.47. The van der Waals surface area contributed by atoms with Crippen molar-refractivity contribution in [3.63, 3.8) is 0 Å². The molecule has 0 aromatic heterocycles. The lowest BCUT2D eigenvalue weighted by molar-refractivity contribution is -0.0144. The molecule has 2 heterocycles. The van der Waals surface area contributed by atoms with Crippen LogP contribution < -0.4 is 5.32 Å². The number of fused-ring (bicyclic) bond motifs is 2. The zero-order valence-corrected chi connectivity index (χ0v) is 10.7. The van der Waals surface area contributed by atoms with Gasteiger partial charge in [0.05, 0.1) is 18.1 Å². The maximum absolute atomic E-state index is 14.1. The SMILES string of the molecule is N#CCc1ccc(F)c(C2(O)CC3CCC(C2)N3)c1. The number of nitrogens with zero attached hydrogens (tertiary/aromatic N) is 1. The second-order valence-corrected chi connectivity index (χ2v) is 5.73. The first-order valence-electron chi connectivity index (χ1n) is 6.75. The molecule has 0 saturated carbocycles. The largest absolute Gasteiger partial charge is 0.385 e. The maximum Gasteiger partial charge on any atom is 0.129 e. The third kappa shape index (κ3) is 2.24. The van der Waals surface area contributed by atoms with Crippen molar-refractivity contribution in [2.24, 2.45) is 0 Å². The van der Waals surface area contributed by atoms with Gasteiger partial charge in [-0.2, -0.15) is 5.26 Å². The van der Waals surface area contributed by atoms with Gasteiger partial charge in [-0.1, -0.05) is 6.07 Å². The van der Waals surface area contributed by atoms with Crippen molar-refractivity contribution < 1.29 is 9.50 Å². The molecule has 0 radical (unpaired) electrons. The molecule has 0 aliphatic carbocycles. The van der Waals surface area contributed by atoms with E-state index in [9.17, 15) is 9.50 Å². The molecule has 2 bridgehead atoms. The molecule has 2 aliphatic rings. The first-order valence-corrected chi connectivity index (χ1v) is 6.75. The predicted molar refractivity (Wildman–Crippen MR) is 68.8 cm³/mol. The van der Waals surface area contributed by atoms with Gasteiger partial charge in [-0.15, -0.1) is 0 Å². The Kier molecular flexibility index (Phi) is 3.04. The van der Waals surface area contributed by atoms with Crippen LogP contribution in [0, 0.1) is 17.1 Å². The molecule has 2 atom stereocenters. The van der Waals surface area contributed by atoms with Gasteiger partial charge in [0.1, 0.15) is 5.82 Å². The van der Waals surface area contributed by atoms with E-state index in [0.29, 0.717) is 18.4 Å². The van der Waals surface area contributed by atoms with E-state index >= 15 is 0 Å². The molecule has 2 fully saturated rings. The van der Waals surface area contributed by atoms with E-state index in [-0.39, 0.29) is 24.3 Å². The molecule has 1 aromatic rings. The average Bonchev–Trinajstić information content (AvgIpc) is 2.72. The van der Waals surface area contributed by atoms with Crippen molar-refractivity contribution >= 4 is 0 Å². The number of halogens is 1. The fraction of sp³-hybridized carbons (Fsp3) is 0.533. The first-order chi connectivity index (χ1) is 9.10. The number of hydrogen-bond acceptors (Lipinski definition) is 3. The maximum atomic E-state index is 14.1. The second-order valence-electron chi connectivity index (χ2n) is 5.73. The lowest BCUT2D eigenvalue weighted by Gasteiger charge is -2.37. The van der Waals surface area contributed by atoms with E-state index < -0.39 is 5.60 Å². The summed E-state index contributed by atoms with van der Waals surface area (Å²) in [6.07, 6.45) is 3.44. The summed E-state index contributed by atoms with van der Waals surface area (Å²) in [6, 6.07) is 7.25. The van der Waals surface area contributed by atoms with Crippen LogP contribution in [0.25, 0.3) is 0 Å². The zero-order chi connectivity index (χ0) is 13.5. The Morgan fingerprint density at radius 3 is 2.68 bits per heavy atom. The van der Waals surface area contributed by atoms with Gasteiger partial charge in [0.2, 0.25) is 0 Å². The number of benzene rings is 1. The van der Waals surface area contributed by atoms with E-state index in [1.165, 1.54) is 6.07 Å². The molecule has 2 unspecified atom stereocenters. The summed E-state index contributed by atoms with van der Waals surface area (Å²) in [5.41, 5.74) is 0.0314. The molecule has 3 nitrogen and oxygen atoms in total. The topological polar surface area (TPSA) is 56.0 Å². The van der Waals surface area contributed by atoms with Crippen LogP contribution in [0.1, 0.15) is 36.8 Å². The van der Waals surface area contributed by atoms with Gasteiger partial charge in [0, 0.05) is 17.6 Å². The van der Waals surface area contributed by atoms with Crippen LogP contribution in [-0.4, -0.2) is 17.2 Å². The highest BCUT2D eigenvalue weighted by atomic mass is 19.1. The third-order valence-corrected chi connectivity index (χ3v) is 4.32. The molecule has 4 heteroatoms. The quantitative estimate of drug-likeness (QED) is 0.855. The Balaban J connectivity index is 1.96. The van der Waals surface area contributed by atoms with Crippen molar-refractivity contribution in [1.82, 2.24) is 5.32 Å². The molecule has 2 aliphatic heterocycles. The number of aliphatic hydroxyl groups is 1. The minimum atomic E-state index is -1.09. The Bertz CT molecular complexity index is 525. The summed E-state index contributed by atoms with van der Waals surface area (Å²) >= 11 is 0. The minimum Gasteiger partial charge on any atom is -0.385 e. The molecule has 0 amide bonds. The third-order valence-electron chi connectivity index (χ3n) is 4.32. The van der Waals surface area contributed by atoms with Crippen molar-refractivity contribution in [1.29, 1.82) is 5.26 Å². The fourth-order valence-corrected chi connectivity index (χ4v) is 3.47. The Hall–Kier alpha value is -1.44. The lowest BCUT2D eigenvalue weighted by Crippen LogP contribution is -2.47. The minimum absolute atomic E-state index is 0.245. The molecular formula is C15H17FN2O. The summed E-state index contributed by atoms with van der Waals surface area (Å²) in [4.78, 5) is 0. The summed E-state index contributed by atoms with van der Waals surface area (Å²) in [5.74, 6) is -0.370. The van der Waals surface area contributed by atoms with Crippen LogP contribution in [0.3, 0.4) is 0 Å². The van der Waals surface area contributed by atoms with E-state index in [1.807, 2.05) is 0 Å². The van der Waals surface area contributed by atoms with Gasteiger partial charge in [-0.25, -0.2) is 4.39 Å². The Labute approximate surface area is 112 Å². The number of nitriles is 1. The standard InChI is InChI=1S/C15H17FN2O/c16-14-4-1-10(5-6-17)7-13(14)15(19)8-11-2-3-12(9-15)18-11/h1,4,7,11-12,18-19H,2-3,5,8-9H2. The van der Waals surface area contributed by atoms with Gasteiger partial charge in [0.15, 0.2) is 0 Å². The van der Waals surface area contributed by atoms with Crippen LogP contribution in [-0.2, 0) is 12.0 Å². The summed E-state index contributed by atoms with van der Waals surface area (Å²) in [5, 5.41) is 23.0. The number of piperidine rings is 1. The van der Waals surface area contributed by atoms with Crippen LogP contribution in [0.15, 0.2) is 18.2 Å². The number of rotatable bonds is 2. The predicted octanol–water partition coefficient (Wildman–Crippen LogP) is 1.99. The number of hydrogen-bond donors (Lipinski definition) is 2. The van der Waals surface area contributed by atoms with Gasteiger partial charge >= 0.3 is 0 Å². The van der Waals surface area contributed by atoms with E-state index in [4.69, 9.17) is 5.26 Å². The molecule has 100 valence electrons. The normalized spacial score (nSPS) is 33.1. The second kappa shape index (κ2) is 4.59. The molecular weight excluding hydrogens is 243 g/mol. The van der Waals surface area contributed by atoms with E-state index in [0.717, 1.165) is 18.4 Å². The smallest absolute Gasteiger partial charge is 0.129 e. The summed E-state index contributed by atoms with van der Waals surface area (Å²) in [6.45, 7) is 0. The number of nitrogens with one attached hydrogen (secondary N) is 1. The van der Waals surface area contributed by atoms with Gasteiger partial charge in [0.25, 0.3) is 0 Å². The lowest BCUT2D eigenvalue weighted by atomic mass is 9.80. The molecule has 2 saturated heterocycles. The molecule has 19 heavy (non-hydrogen) atoms. The summed E-state index contributed by atoms with van der Waals surface area (Å²) < 4.78 is 14.1. The monoisotopic (exact) mass is 260 g/mol. The molecule has 0 spiro atoms.